The summed E-state index contributed by atoms with van der Waals surface area (Å²) in [5.41, 5.74) is 5.79. The topological polar surface area (TPSA) is 102 Å². The maximum atomic E-state index is 14.4. The van der Waals surface area contributed by atoms with E-state index in [0.717, 1.165) is 50.9 Å². The van der Waals surface area contributed by atoms with E-state index in [-0.39, 0.29) is 48.3 Å². The average molecular weight is 578 g/mol. The van der Waals surface area contributed by atoms with Crippen LogP contribution in [0.25, 0.3) is 0 Å². The van der Waals surface area contributed by atoms with Crippen molar-refractivity contribution >= 4 is 11.6 Å². The highest BCUT2D eigenvalue weighted by Gasteiger charge is 2.49. The number of nitrogens with one attached hydrogen (secondary N) is 1. The highest BCUT2D eigenvalue weighted by atomic mass is 19.4. The fourth-order valence-electron chi connectivity index (χ4n) is 7.67. The Bertz CT molecular complexity index is 1330. The minimum atomic E-state index is -4.61. The number of alkyl halides is 4. The lowest BCUT2D eigenvalue weighted by Crippen LogP contribution is -2.52. The van der Waals surface area contributed by atoms with Gasteiger partial charge in [-0.05, 0) is 50.8 Å². The van der Waals surface area contributed by atoms with E-state index in [1.807, 2.05) is 0 Å². The number of pyridine rings is 1. The van der Waals surface area contributed by atoms with Crippen LogP contribution in [-0.2, 0) is 23.9 Å². The summed E-state index contributed by atoms with van der Waals surface area (Å²) < 4.78 is 68.9. The number of aryl methyl sites for hydroxylation is 1. The van der Waals surface area contributed by atoms with Gasteiger partial charge in [-0.25, -0.2) is 9.37 Å². The molecule has 0 aromatic carbocycles. The van der Waals surface area contributed by atoms with Gasteiger partial charge in [-0.1, -0.05) is 0 Å². The van der Waals surface area contributed by atoms with Gasteiger partial charge in [-0.3, -0.25) is 4.90 Å². The van der Waals surface area contributed by atoms with Crippen molar-refractivity contribution in [2.75, 3.05) is 43.4 Å². The maximum absolute atomic E-state index is 14.4. The number of nitrogens with two attached hydrogens (primary N) is 1. The van der Waals surface area contributed by atoms with Crippen LogP contribution in [0, 0.1) is 6.92 Å². The first-order valence-electron chi connectivity index (χ1n) is 14.5. The van der Waals surface area contributed by atoms with Crippen LogP contribution in [0.4, 0.5) is 29.2 Å². The van der Waals surface area contributed by atoms with E-state index in [1.165, 1.54) is 13.0 Å². The second-order valence-electron chi connectivity index (χ2n) is 12.3. The number of nitrogens with zero attached hydrogens (tertiary/aromatic N) is 5. The van der Waals surface area contributed by atoms with Crippen LogP contribution in [0.5, 0.6) is 6.01 Å². The SMILES string of the molecule is Cc1cc(N)nc(C2Cc3nc(OC[C@@]45CCCN4C[C@H](F)C5)nc(N4CC5CCC(C4)N5)c3CO2)c1C(F)(F)F. The molecule has 5 aliphatic rings. The van der Waals surface area contributed by atoms with Crippen LogP contribution in [0.2, 0.25) is 0 Å². The highest BCUT2D eigenvalue weighted by Crippen LogP contribution is 2.43. The first kappa shape index (κ1) is 27.1. The van der Waals surface area contributed by atoms with Crippen molar-refractivity contribution in [1.29, 1.82) is 0 Å². The molecule has 0 saturated carbocycles. The Balaban J connectivity index is 1.23. The van der Waals surface area contributed by atoms with Gasteiger partial charge in [0, 0.05) is 50.1 Å². The minimum absolute atomic E-state index is 0.00110. The molecule has 3 unspecified atom stereocenters. The second-order valence-corrected chi connectivity index (χ2v) is 12.3. The lowest BCUT2D eigenvalue weighted by atomic mass is 9.95. The lowest BCUT2D eigenvalue weighted by molar-refractivity contribution is -0.140. The number of nitrogen functional groups attached to an aromatic ring is 1. The molecule has 41 heavy (non-hydrogen) atoms. The molecule has 5 aliphatic heterocycles. The van der Waals surface area contributed by atoms with Crippen molar-refractivity contribution in [3.63, 3.8) is 0 Å². The predicted octanol–water partition coefficient (Wildman–Crippen LogP) is 3.49. The van der Waals surface area contributed by atoms with E-state index in [2.05, 4.69) is 20.1 Å². The number of aromatic nitrogens is 3. The Morgan fingerprint density at radius 2 is 1.95 bits per heavy atom. The van der Waals surface area contributed by atoms with Gasteiger partial charge in [0.2, 0.25) is 0 Å². The van der Waals surface area contributed by atoms with Crippen molar-refractivity contribution in [1.82, 2.24) is 25.2 Å². The first-order valence-corrected chi connectivity index (χ1v) is 14.5. The van der Waals surface area contributed by atoms with Gasteiger partial charge in [-0.15, -0.1) is 0 Å². The smallest absolute Gasteiger partial charge is 0.418 e. The summed E-state index contributed by atoms with van der Waals surface area (Å²) in [4.78, 5) is 18.0. The number of hydrogen-bond donors (Lipinski definition) is 2. The zero-order valence-corrected chi connectivity index (χ0v) is 23.0. The van der Waals surface area contributed by atoms with Crippen molar-refractivity contribution < 1.29 is 27.0 Å². The highest BCUT2D eigenvalue weighted by molar-refractivity contribution is 5.52. The molecule has 0 radical (unpaired) electrons. The Kier molecular flexibility index (Phi) is 6.55. The molecule has 7 heterocycles. The predicted molar refractivity (Wildman–Crippen MR) is 142 cm³/mol. The number of anilines is 2. The van der Waals surface area contributed by atoms with Crippen LogP contribution in [-0.4, -0.2) is 76.4 Å². The molecule has 222 valence electrons. The van der Waals surface area contributed by atoms with E-state index in [4.69, 9.17) is 25.2 Å². The van der Waals surface area contributed by atoms with Crippen molar-refractivity contribution in [3.05, 3.63) is 34.1 Å². The van der Waals surface area contributed by atoms with E-state index in [9.17, 15) is 17.6 Å². The number of halogens is 4. The van der Waals surface area contributed by atoms with Crippen LogP contribution >= 0.6 is 0 Å². The number of fused-ring (bicyclic) bond motifs is 4. The van der Waals surface area contributed by atoms with Gasteiger partial charge in [0.25, 0.3) is 0 Å². The molecular weight excluding hydrogens is 542 g/mol. The third-order valence-electron chi connectivity index (χ3n) is 9.46. The minimum Gasteiger partial charge on any atom is -0.461 e. The molecule has 2 bridgehead atoms. The summed E-state index contributed by atoms with van der Waals surface area (Å²) in [6.07, 6.45) is -1.99. The average Bonchev–Trinajstić information content (AvgIpc) is 3.55. The zero-order chi connectivity index (χ0) is 28.5. The van der Waals surface area contributed by atoms with Crippen molar-refractivity contribution in [3.8, 4) is 6.01 Å². The summed E-state index contributed by atoms with van der Waals surface area (Å²) >= 11 is 0. The molecule has 4 fully saturated rings. The summed E-state index contributed by atoms with van der Waals surface area (Å²) in [5.74, 6) is 0.705. The van der Waals surface area contributed by atoms with E-state index in [0.29, 0.717) is 36.6 Å². The molecule has 2 aromatic rings. The molecule has 5 atom stereocenters. The molecule has 7 rings (SSSR count). The van der Waals surface area contributed by atoms with Gasteiger partial charge in [0.05, 0.1) is 29.1 Å². The molecule has 4 saturated heterocycles. The normalized spacial score (nSPS) is 31.4. The fraction of sp³-hybridized carbons (Fsp3) is 0.679. The van der Waals surface area contributed by atoms with Gasteiger partial charge < -0.3 is 25.4 Å². The molecule has 0 aliphatic carbocycles. The van der Waals surface area contributed by atoms with E-state index >= 15 is 0 Å². The monoisotopic (exact) mass is 577 g/mol. The van der Waals surface area contributed by atoms with Crippen LogP contribution in [0.3, 0.4) is 0 Å². The second kappa shape index (κ2) is 9.91. The third kappa shape index (κ3) is 4.89. The summed E-state index contributed by atoms with van der Waals surface area (Å²) in [6.45, 7) is 4.47. The Hall–Kier alpha value is -2.77. The number of piperazine rings is 1. The van der Waals surface area contributed by atoms with E-state index in [1.54, 1.807) is 0 Å². The lowest BCUT2D eigenvalue weighted by Gasteiger charge is -2.37. The molecule has 0 amide bonds. The Morgan fingerprint density at radius 3 is 2.71 bits per heavy atom. The Morgan fingerprint density at radius 1 is 1.17 bits per heavy atom. The number of ether oxygens (including phenoxy) is 2. The molecular formula is C28H35F4N7O2. The number of hydrogen-bond acceptors (Lipinski definition) is 9. The largest absolute Gasteiger partial charge is 0.461 e. The maximum Gasteiger partial charge on any atom is 0.418 e. The van der Waals surface area contributed by atoms with E-state index < -0.39 is 24.0 Å². The van der Waals surface area contributed by atoms with Gasteiger partial charge in [-0.2, -0.15) is 23.1 Å². The first-order chi connectivity index (χ1) is 19.6. The van der Waals surface area contributed by atoms with Crippen molar-refractivity contribution in [2.24, 2.45) is 0 Å². The summed E-state index contributed by atoms with van der Waals surface area (Å²) in [7, 11) is 0. The van der Waals surface area contributed by atoms with Gasteiger partial charge in [0.15, 0.2) is 0 Å². The molecule has 0 spiro atoms. The molecule has 3 N–H and O–H groups in total. The summed E-state index contributed by atoms with van der Waals surface area (Å²) in [6, 6.07) is 2.09. The van der Waals surface area contributed by atoms with Gasteiger partial charge >= 0.3 is 12.2 Å². The molecule has 9 nitrogen and oxygen atoms in total. The quantitative estimate of drug-likeness (QED) is 0.517. The zero-order valence-electron chi connectivity index (χ0n) is 23.0. The molecule has 13 heteroatoms. The standard InChI is InChI=1S/C28H35F4N7O2/c1-15-7-22(33)36-24(23(15)28(30,31)32)21-8-20-19(13-40-21)25(38-11-17-3-4-18(12-38)34-17)37-26(35-20)41-14-27-5-2-6-39(27)10-16(29)9-27/h7,16-18,21,34H,2-6,8-14H2,1H3,(H2,33,36)/t16-,17?,18?,21?,27+/m1/s1. The van der Waals surface area contributed by atoms with Gasteiger partial charge in [0.1, 0.15) is 30.5 Å². The summed E-state index contributed by atoms with van der Waals surface area (Å²) in [5, 5.41) is 3.62. The third-order valence-corrected chi connectivity index (χ3v) is 9.46. The molecule has 2 aromatic heterocycles. The van der Waals surface area contributed by atoms with Crippen LogP contribution in [0.15, 0.2) is 6.07 Å². The van der Waals surface area contributed by atoms with Crippen LogP contribution < -0.4 is 20.7 Å². The van der Waals surface area contributed by atoms with Crippen molar-refractivity contribution in [2.45, 2.75) is 88.1 Å². The Labute approximate surface area is 235 Å². The fourth-order valence-corrected chi connectivity index (χ4v) is 7.67. The van der Waals surface area contributed by atoms with Crippen LogP contribution in [0.1, 0.15) is 66.3 Å². The number of rotatable bonds is 5.